The van der Waals surface area contributed by atoms with E-state index in [1.54, 1.807) is 0 Å². The van der Waals surface area contributed by atoms with E-state index in [9.17, 15) is 5.11 Å². The topological polar surface area (TPSA) is 20.2 Å². The van der Waals surface area contributed by atoms with Gasteiger partial charge in [-0.2, -0.15) is 0 Å². The lowest BCUT2D eigenvalue weighted by Gasteiger charge is -2.24. The third-order valence-electron chi connectivity index (χ3n) is 1.92. The van der Waals surface area contributed by atoms with Gasteiger partial charge in [-0.1, -0.05) is 6.08 Å². The molecule has 0 aromatic carbocycles. The molecule has 0 spiro atoms. The molecule has 1 nitrogen and oxygen atoms in total. The Kier molecular flexibility index (Phi) is 3.37. The van der Waals surface area contributed by atoms with E-state index in [0.717, 1.165) is 33.5 Å². The Morgan fingerprint density at radius 3 is 3.10 bits per heavy atom. The van der Waals surface area contributed by atoms with E-state index in [-0.39, 0.29) is 6.10 Å². The summed E-state index contributed by atoms with van der Waals surface area (Å²) in [6.07, 6.45) is 6.28. The van der Waals surface area contributed by atoms with Gasteiger partial charge in [0, 0.05) is 0 Å². The third-order valence-corrected chi connectivity index (χ3v) is 3.54. The van der Waals surface area contributed by atoms with Crippen LogP contribution in [0.25, 0.3) is 0 Å². The molecular formula is C8H15OP. The Balaban J connectivity index is 2.24. The van der Waals surface area contributed by atoms with E-state index in [4.69, 9.17) is 0 Å². The van der Waals surface area contributed by atoms with Gasteiger partial charge in [-0.25, -0.2) is 0 Å². The van der Waals surface area contributed by atoms with Crippen LogP contribution in [0.5, 0.6) is 0 Å². The van der Waals surface area contributed by atoms with Crippen LogP contribution in [0.15, 0.2) is 12.7 Å². The van der Waals surface area contributed by atoms with Crippen LogP contribution in [0.1, 0.15) is 19.3 Å². The van der Waals surface area contributed by atoms with Crippen molar-refractivity contribution in [3.63, 3.8) is 0 Å². The van der Waals surface area contributed by atoms with E-state index in [1.807, 2.05) is 6.08 Å². The van der Waals surface area contributed by atoms with Crippen LogP contribution in [0, 0.1) is 0 Å². The van der Waals surface area contributed by atoms with Crippen molar-refractivity contribution >= 4 is 8.58 Å². The van der Waals surface area contributed by atoms with Gasteiger partial charge in [-0.15, -0.1) is 15.2 Å². The molecule has 0 amide bonds. The van der Waals surface area contributed by atoms with Gasteiger partial charge in [-0.3, -0.25) is 0 Å². The zero-order chi connectivity index (χ0) is 7.40. The van der Waals surface area contributed by atoms with E-state index in [2.05, 4.69) is 6.58 Å². The smallest absolute Gasteiger partial charge is 0.0549 e. The summed E-state index contributed by atoms with van der Waals surface area (Å²) in [5.74, 6) is 0. The first kappa shape index (κ1) is 8.23. The highest BCUT2D eigenvalue weighted by atomic mass is 31.1. The normalized spacial score (nSPS) is 36.1. The Morgan fingerprint density at radius 2 is 2.50 bits per heavy atom. The van der Waals surface area contributed by atoms with Crippen LogP contribution >= 0.6 is 8.58 Å². The van der Waals surface area contributed by atoms with Gasteiger partial charge < -0.3 is 5.11 Å². The second-order valence-electron chi connectivity index (χ2n) is 2.85. The van der Waals surface area contributed by atoms with Gasteiger partial charge in [-0.05, 0) is 31.1 Å². The van der Waals surface area contributed by atoms with Gasteiger partial charge in [0.1, 0.15) is 0 Å². The molecule has 1 N–H and O–H groups in total. The summed E-state index contributed by atoms with van der Waals surface area (Å²) in [5.41, 5.74) is 0.737. The van der Waals surface area contributed by atoms with Crippen molar-refractivity contribution in [1.29, 1.82) is 0 Å². The standard InChI is InChI=1S/C8H15OP/c1-2-3-8-6-7(9)4-5-10-8/h2,7-10H,1,3-6H2. The summed E-state index contributed by atoms with van der Waals surface area (Å²) in [4.78, 5) is 0. The quantitative estimate of drug-likeness (QED) is 0.479. The SMILES string of the molecule is C=CCC1CC(O)CCP1. The van der Waals surface area contributed by atoms with Crippen LogP contribution in [0.3, 0.4) is 0 Å². The average molecular weight is 158 g/mol. The zero-order valence-corrected chi connectivity index (χ0v) is 7.21. The van der Waals surface area contributed by atoms with E-state index < -0.39 is 0 Å². The summed E-state index contributed by atoms with van der Waals surface area (Å²) in [5, 5.41) is 9.28. The van der Waals surface area contributed by atoms with E-state index >= 15 is 0 Å². The zero-order valence-electron chi connectivity index (χ0n) is 6.21. The third kappa shape index (κ3) is 2.40. The first-order valence-electron chi connectivity index (χ1n) is 3.85. The molecule has 0 aromatic heterocycles. The Morgan fingerprint density at radius 1 is 1.70 bits per heavy atom. The maximum Gasteiger partial charge on any atom is 0.0549 e. The molecule has 0 saturated carbocycles. The molecule has 1 heterocycles. The number of rotatable bonds is 2. The summed E-state index contributed by atoms with van der Waals surface area (Å²) in [7, 11) is 1.05. The Hall–Kier alpha value is 0.130. The minimum absolute atomic E-state index is 0.0220. The highest BCUT2D eigenvalue weighted by molar-refractivity contribution is 7.38. The molecule has 1 rings (SSSR count). The van der Waals surface area contributed by atoms with Gasteiger partial charge in [0.2, 0.25) is 0 Å². The molecule has 1 aliphatic heterocycles. The fourth-order valence-corrected chi connectivity index (χ4v) is 3.04. The summed E-state index contributed by atoms with van der Waals surface area (Å²) in [6.45, 7) is 3.70. The molecule has 0 aliphatic carbocycles. The maximum absolute atomic E-state index is 9.28. The monoisotopic (exact) mass is 158 g/mol. The number of aliphatic hydroxyl groups excluding tert-OH is 1. The molecule has 3 atom stereocenters. The lowest BCUT2D eigenvalue weighted by atomic mass is 10.1. The minimum atomic E-state index is -0.0220. The molecule has 1 fully saturated rings. The first-order chi connectivity index (χ1) is 4.83. The first-order valence-corrected chi connectivity index (χ1v) is 5.13. The molecule has 0 radical (unpaired) electrons. The number of hydrogen-bond donors (Lipinski definition) is 1. The fourth-order valence-electron chi connectivity index (χ4n) is 1.36. The van der Waals surface area contributed by atoms with E-state index in [0.29, 0.717) is 0 Å². The molecule has 58 valence electrons. The molecule has 1 aliphatic rings. The molecule has 2 heteroatoms. The van der Waals surface area contributed by atoms with Crippen LogP contribution in [0.2, 0.25) is 0 Å². The number of hydrogen-bond acceptors (Lipinski definition) is 1. The van der Waals surface area contributed by atoms with Gasteiger partial charge in [0.25, 0.3) is 0 Å². The molecular weight excluding hydrogens is 143 g/mol. The van der Waals surface area contributed by atoms with Crippen molar-refractivity contribution in [1.82, 2.24) is 0 Å². The van der Waals surface area contributed by atoms with Crippen molar-refractivity contribution in [3.8, 4) is 0 Å². The Labute approximate surface area is 64.3 Å². The second kappa shape index (κ2) is 4.10. The molecule has 0 aromatic rings. The minimum Gasteiger partial charge on any atom is -0.393 e. The van der Waals surface area contributed by atoms with Gasteiger partial charge in [0.05, 0.1) is 6.10 Å². The van der Waals surface area contributed by atoms with Crippen molar-refractivity contribution in [2.45, 2.75) is 31.0 Å². The van der Waals surface area contributed by atoms with Crippen LogP contribution < -0.4 is 0 Å². The van der Waals surface area contributed by atoms with Crippen LogP contribution in [-0.2, 0) is 0 Å². The molecule has 0 bridgehead atoms. The highest BCUT2D eigenvalue weighted by Gasteiger charge is 2.18. The number of aliphatic hydroxyl groups is 1. The van der Waals surface area contributed by atoms with Crippen molar-refractivity contribution in [3.05, 3.63) is 12.7 Å². The highest BCUT2D eigenvalue weighted by Crippen LogP contribution is 2.33. The predicted octanol–water partition coefficient (Wildman–Crippen LogP) is 1.76. The molecule has 10 heavy (non-hydrogen) atoms. The van der Waals surface area contributed by atoms with Crippen molar-refractivity contribution < 1.29 is 5.11 Å². The van der Waals surface area contributed by atoms with Crippen LogP contribution in [0.4, 0.5) is 0 Å². The lowest BCUT2D eigenvalue weighted by Crippen LogP contribution is -2.20. The summed E-state index contributed by atoms with van der Waals surface area (Å²) >= 11 is 0. The maximum atomic E-state index is 9.28. The second-order valence-corrected chi connectivity index (χ2v) is 4.58. The lowest BCUT2D eigenvalue weighted by molar-refractivity contribution is 0.156. The van der Waals surface area contributed by atoms with Gasteiger partial charge >= 0.3 is 0 Å². The van der Waals surface area contributed by atoms with Crippen molar-refractivity contribution in [2.75, 3.05) is 6.16 Å². The fraction of sp³-hybridized carbons (Fsp3) is 0.750. The molecule has 1 saturated heterocycles. The predicted molar refractivity (Wildman–Crippen MR) is 47.0 cm³/mol. The molecule has 3 unspecified atom stereocenters. The largest absolute Gasteiger partial charge is 0.393 e. The number of allylic oxidation sites excluding steroid dienone is 1. The van der Waals surface area contributed by atoms with Crippen molar-refractivity contribution in [2.24, 2.45) is 0 Å². The average Bonchev–Trinajstić information content (AvgIpc) is 1.88. The van der Waals surface area contributed by atoms with Crippen LogP contribution in [-0.4, -0.2) is 23.0 Å². The van der Waals surface area contributed by atoms with Gasteiger partial charge in [0.15, 0.2) is 0 Å². The summed E-state index contributed by atoms with van der Waals surface area (Å²) < 4.78 is 0. The van der Waals surface area contributed by atoms with E-state index in [1.165, 1.54) is 6.16 Å². The summed E-state index contributed by atoms with van der Waals surface area (Å²) in [6, 6.07) is 0. The Bertz CT molecular complexity index is 114.